The number of nitrogens with one attached hydrogen (secondary N) is 1. The van der Waals surface area contributed by atoms with Crippen molar-refractivity contribution in [3.63, 3.8) is 0 Å². The van der Waals surface area contributed by atoms with E-state index in [-0.39, 0.29) is 0 Å². The van der Waals surface area contributed by atoms with Gasteiger partial charge in [-0.25, -0.2) is 15.0 Å². The van der Waals surface area contributed by atoms with Gasteiger partial charge in [0.1, 0.15) is 0 Å². The molecule has 1 N–H and O–H groups in total. The molecule has 0 saturated carbocycles. The maximum atomic E-state index is 4.12. The second-order valence-electron chi connectivity index (χ2n) is 2.52. The van der Waals surface area contributed by atoms with Crippen molar-refractivity contribution >= 4 is 0 Å². The smallest absolute Gasteiger partial charge is 0.195 e. The van der Waals surface area contributed by atoms with E-state index < -0.39 is 0 Å². The summed E-state index contributed by atoms with van der Waals surface area (Å²) in [6.45, 7) is 1.95. The van der Waals surface area contributed by atoms with Crippen LogP contribution in [-0.2, 0) is 0 Å². The number of imidazole rings is 1. The summed E-state index contributed by atoms with van der Waals surface area (Å²) in [6, 6.07) is 0. The van der Waals surface area contributed by atoms with Gasteiger partial charge in [0, 0.05) is 24.8 Å². The molecule has 4 heteroatoms. The normalized spacial score (nSPS) is 10.1. The molecule has 0 aliphatic rings. The molecule has 0 saturated heterocycles. The number of rotatable bonds is 1. The molecule has 0 spiro atoms. The number of hydrogen-bond donors (Lipinski definition) is 1. The van der Waals surface area contributed by atoms with Crippen LogP contribution in [0.5, 0.6) is 0 Å². The van der Waals surface area contributed by atoms with Crippen LogP contribution >= 0.6 is 0 Å². The first-order valence-corrected chi connectivity index (χ1v) is 3.64. The Labute approximate surface area is 69.7 Å². The minimum absolute atomic E-state index is 0.630. The number of nitrogens with zero attached hydrogens (tertiary/aromatic N) is 3. The fourth-order valence-corrected chi connectivity index (χ4v) is 0.902. The maximum absolute atomic E-state index is 4.12. The number of aryl methyl sites for hydroxylation is 1. The van der Waals surface area contributed by atoms with Crippen molar-refractivity contribution in [2.45, 2.75) is 6.92 Å². The minimum Gasteiger partial charge on any atom is -0.342 e. The van der Waals surface area contributed by atoms with Crippen LogP contribution in [-0.4, -0.2) is 19.9 Å². The number of H-pyrrole nitrogens is 1. The van der Waals surface area contributed by atoms with E-state index in [0.29, 0.717) is 11.6 Å². The largest absolute Gasteiger partial charge is 0.342 e. The number of aromatic nitrogens is 4. The van der Waals surface area contributed by atoms with E-state index in [1.165, 1.54) is 0 Å². The van der Waals surface area contributed by atoms with Crippen molar-refractivity contribution in [1.82, 2.24) is 19.9 Å². The summed E-state index contributed by atoms with van der Waals surface area (Å²) in [4.78, 5) is 15.2. The maximum Gasteiger partial charge on any atom is 0.195 e. The zero-order valence-electron chi connectivity index (χ0n) is 6.65. The van der Waals surface area contributed by atoms with Gasteiger partial charge in [-0.2, -0.15) is 0 Å². The van der Waals surface area contributed by atoms with E-state index in [0.717, 1.165) is 5.56 Å². The third-order valence-corrected chi connectivity index (χ3v) is 1.49. The van der Waals surface area contributed by atoms with E-state index >= 15 is 0 Å². The minimum atomic E-state index is 0.630. The lowest BCUT2D eigenvalue weighted by atomic mass is 10.4. The van der Waals surface area contributed by atoms with Gasteiger partial charge in [-0.3, -0.25) is 0 Å². The van der Waals surface area contributed by atoms with Gasteiger partial charge < -0.3 is 4.98 Å². The highest BCUT2D eigenvalue weighted by molar-refractivity contribution is 5.41. The fourth-order valence-electron chi connectivity index (χ4n) is 0.902. The quantitative estimate of drug-likeness (QED) is 0.681. The molecule has 0 amide bonds. The van der Waals surface area contributed by atoms with Crippen molar-refractivity contribution in [1.29, 1.82) is 0 Å². The molecule has 0 aliphatic heterocycles. The van der Waals surface area contributed by atoms with Gasteiger partial charge >= 0.3 is 0 Å². The molecule has 2 heterocycles. The van der Waals surface area contributed by atoms with E-state index in [9.17, 15) is 0 Å². The predicted molar refractivity (Wildman–Crippen MR) is 44.4 cm³/mol. The summed E-state index contributed by atoms with van der Waals surface area (Å²) in [7, 11) is 0. The van der Waals surface area contributed by atoms with Gasteiger partial charge in [0.25, 0.3) is 0 Å². The second-order valence-corrected chi connectivity index (χ2v) is 2.52. The van der Waals surface area contributed by atoms with Crippen LogP contribution in [0.4, 0.5) is 0 Å². The molecule has 12 heavy (non-hydrogen) atoms. The Bertz CT molecular complexity index is 349. The summed E-state index contributed by atoms with van der Waals surface area (Å²) in [6.07, 6.45) is 6.97. The molecular weight excluding hydrogens is 152 g/mol. The van der Waals surface area contributed by atoms with Crippen LogP contribution in [0.1, 0.15) is 5.56 Å². The van der Waals surface area contributed by atoms with Gasteiger partial charge in [0.2, 0.25) is 0 Å². The molecule has 0 aliphatic carbocycles. The van der Waals surface area contributed by atoms with Crippen molar-refractivity contribution < 1.29 is 0 Å². The number of aromatic amines is 1. The molecule has 2 rings (SSSR count). The molecule has 0 fully saturated rings. The zero-order valence-corrected chi connectivity index (χ0v) is 6.65. The molecular formula is C8H8N4. The highest BCUT2D eigenvalue weighted by Gasteiger charge is 2.00. The standard InChI is InChI=1S/C8H8N4/c1-6-4-11-8(12-5-6)7-9-2-3-10-7/h2-5H,1H3,(H,9,10). The first-order chi connectivity index (χ1) is 5.86. The zero-order chi connectivity index (χ0) is 8.39. The molecule has 2 aromatic heterocycles. The summed E-state index contributed by atoms with van der Waals surface area (Å²) in [5, 5.41) is 0. The average Bonchev–Trinajstić information content (AvgIpc) is 2.58. The van der Waals surface area contributed by atoms with Crippen LogP contribution in [0.2, 0.25) is 0 Å². The Morgan fingerprint density at radius 1 is 1.17 bits per heavy atom. The predicted octanol–water partition coefficient (Wildman–Crippen LogP) is 1.18. The summed E-state index contributed by atoms with van der Waals surface area (Å²) < 4.78 is 0. The van der Waals surface area contributed by atoms with Crippen LogP contribution in [0.15, 0.2) is 24.8 Å². The van der Waals surface area contributed by atoms with Crippen LogP contribution in [0.3, 0.4) is 0 Å². The van der Waals surface area contributed by atoms with Gasteiger partial charge in [0.15, 0.2) is 11.6 Å². The summed E-state index contributed by atoms with van der Waals surface area (Å²) in [5.74, 6) is 1.33. The molecule has 0 aromatic carbocycles. The van der Waals surface area contributed by atoms with Crippen molar-refractivity contribution in [2.24, 2.45) is 0 Å². The van der Waals surface area contributed by atoms with Gasteiger partial charge in [0.05, 0.1) is 0 Å². The lowest BCUT2D eigenvalue weighted by Crippen LogP contribution is -1.90. The van der Waals surface area contributed by atoms with Crippen LogP contribution in [0.25, 0.3) is 11.6 Å². The van der Waals surface area contributed by atoms with Crippen molar-refractivity contribution in [3.8, 4) is 11.6 Å². The van der Waals surface area contributed by atoms with Crippen LogP contribution < -0.4 is 0 Å². The fraction of sp³-hybridized carbons (Fsp3) is 0.125. The Morgan fingerprint density at radius 2 is 1.92 bits per heavy atom. The first-order valence-electron chi connectivity index (χ1n) is 3.64. The third kappa shape index (κ3) is 1.18. The Kier molecular flexibility index (Phi) is 1.59. The van der Waals surface area contributed by atoms with Crippen LogP contribution in [0, 0.1) is 6.92 Å². The molecule has 60 valence electrons. The molecule has 0 atom stereocenters. The van der Waals surface area contributed by atoms with Gasteiger partial charge in [-0.15, -0.1) is 0 Å². The molecule has 0 bridgehead atoms. The summed E-state index contributed by atoms with van der Waals surface area (Å²) in [5.41, 5.74) is 1.05. The molecule has 0 unspecified atom stereocenters. The van der Waals surface area contributed by atoms with E-state index in [1.54, 1.807) is 24.8 Å². The Hall–Kier alpha value is -1.71. The first kappa shape index (κ1) is 6.97. The van der Waals surface area contributed by atoms with E-state index in [1.807, 2.05) is 6.92 Å². The van der Waals surface area contributed by atoms with Gasteiger partial charge in [-0.1, -0.05) is 0 Å². The van der Waals surface area contributed by atoms with Crippen molar-refractivity contribution in [2.75, 3.05) is 0 Å². The monoisotopic (exact) mass is 160 g/mol. The topological polar surface area (TPSA) is 54.5 Å². The van der Waals surface area contributed by atoms with Crippen molar-refractivity contribution in [3.05, 3.63) is 30.4 Å². The molecule has 4 nitrogen and oxygen atoms in total. The summed E-state index contributed by atoms with van der Waals surface area (Å²) >= 11 is 0. The Morgan fingerprint density at radius 3 is 2.50 bits per heavy atom. The lowest BCUT2D eigenvalue weighted by Gasteiger charge is -1.94. The highest BCUT2D eigenvalue weighted by atomic mass is 15.0. The molecule has 2 aromatic rings. The van der Waals surface area contributed by atoms with Gasteiger partial charge in [-0.05, 0) is 12.5 Å². The Balaban J connectivity index is 2.43. The third-order valence-electron chi connectivity index (χ3n) is 1.49. The lowest BCUT2D eigenvalue weighted by molar-refractivity contribution is 1.10. The molecule has 0 radical (unpaired) electrons. The number of hydrogen-bond acceptors (Lipinski definition) is 3. The van der Waals surface area contributed by atoms with E-state index in [2.05, 4.69) is 19.9 Å². The second kappa shape index (κ2) is 2.73. The average molecular weight is 160 g/mol. The highest BCUT2D eigenvalue weighted by Crippen LogP contribution is 2.06. The SMILES string of the molecule is Cc1cnc(-c2ncc[nH]2)nc1. The van der Waals surface area contributed by atoms with E-state index in [4.69, 9.17) is 0 Å².